The van der Waals surface area contributed by atoms with Crippen LogP contribution in [0.1, 0.15) is 0 Å². The Labute approximate surface area is 81.1 Å². The molecule has 0 aliphatic heterocycles. The monoisotopic (exact) mass is 215 g/mol. The predicted molar refractivity (Wildman–Crippen MR) is 49.5 cm³/mol. The topological polar surface area (TPSA) is 101 Å². The lowest BCUT2D eigenvalue weighted by Crippen LogP contribution is -2.44. The summed E-state index contributed by atoms with van der Waals surface area (Å²) in [5, 5.41) is 0. The van der Waals surface area contributed by atoms with Gasteiger partial charge in [0.15, 0.2) is 0 Å². The van der Waals surface area contributed by atoms with Gasteiger partial charge in [0.05, 0.1) is 4.90 Å². The number of amides is 2. The summed E-state index contributed by atoms with van der Waals surface area (Å²) in [5.74, 6) is 0. The lowest BCUT2D eigenvalue weighted by atomic mass is 10.4. The van der Waals surface area contributed by atoms with Crippen LogP contribution in [0.25, 0.3) is 0 Å². The molecule has 1 aromatic carbocycles. The van der Waals surface area contributed by atoms with E-state index in [2.05, 4.69) is 0 Å². The minimum absolute atomic E-state index is 0.0498. The second-order valence-corrected chi connectivity index (χ2v) is 4.09. The SMILES string of the molecule is NC(=O)NNS(=O)(=O)c1ccccc1. The predicted octanol–water partition coefficient (Wildman–Crippen LogP) is -0.452. The van der Waals surface area contributed by atoms with Crippen LogP contribution in [0.2, 0.25) is 0 Å². The molecule has 6 nitrogen and oxygen atoms in total. The standard InChI is InChI=1S/C7H9N3O3S/c8-7(11)9-10-14(12,13)6-4-2-1-3-5-6/h1-5,10H,(H3,8,9,11). The molecule has 0 heterocycles. The third-order valence-corrected chi connectivity index (χ3v) is 2.63. The Balaban J connectivity index is 2.82. The third-order valence-electron chi connectivity index (χ3n) is 1.36. The lowest BCUT2D eigenvalue weighted by molar-refractivity contribution is 0.247. The molecular formula is C7H9N3O3S. The van der Waals surface area contributed by atoms with E-state index in [1.807, 2.05) is 4.83 Å². The van der Waals surface area contributed by atoms with Gasteiger partial charge in [0.25, 0.3) is 10.0 Å². The number of rotatable bonds is 3. The van der Waals surface area contributed by atoms with Crippen LogP contribution in [0, 0.1) is 0 Å². The fraction of sp³-hybridized carbons (Fsp3) is 0. The molecule has 0 saturated carbocycles. The van der Waals surface area contributed by atoms with Crippen molar-refractivity contribution in [2.75, 3.05) is 0 Å². The molecule has 1 aromatic rings. The summed E-state index contributed by atoms with van der Waals surface area (Å²) in [7, 11) is -3.72. The molecule has 0 bridgehead atoms. The summed E-state index contributed by atoms with van der Waals surface area (Å²) in [6.45, 7) is 0. The van der Waals surface area contributed by atoms with Crippen LogP contribution in [0.15, 0.2) is 35.2 Å². The molecule has 0 spiro atoms. The van der Waals surface area contributed by atoms with E-state index in [0.717, 1.165) is 0 Å². The van der Waals surface area contributed by atoms with E-state index in [1.54, 1.807) is 23.6 Å². The largest absolute Gasteiger partial charge is 0.351 e. The van der Waals surface area contributed by atoms with Crippen LogP contribution in [-0.2, 0) is 10.0 Å². The Bertz CT molecular complexity index is 415. The number of carbonyl (C=O) groups excluding carboxylic acids is 1. The molecule has 0 aliphatic rings. The molecular weight excluding hydrogens is 206 g/mol. The molecule has 0 aromatic heterocycles. The Kier molecular flexibility index (Phi) is 3.05. The minimum atomic E-state index is -3.72. The Morgan fingerprint density at radius 1 is 1.21 bits per heavy atom. The molecule has 0 atom stereocenters. The molecule has 76 valence electrons. The average Bonchev–Trinajstić information content (AvgIpc) is 2.16. The Morgan fingerprint density at radius 2 is 1.79 bits per heavy atom. The Morgan fingerprint density at radius 3 is 2.29 bits per heavy atom. The first-order chi connectivity index (χ1) is 6.52. The van der Waals surface area contributed by atoms with Crippen molar-refractivity contribution in [3.63, 3.8) is 0 Å². The zero-order valence-electron chi connectivity index (χ0n) is 7.10. The number of nitrogens with one attached hydrogen (secondary N) is 2. The van der Waals surface area contributed by atoms with Gasteiger partial charge in [-0.15, -0.1) is 4.83 Å². The van der Waals surface area contributed by atoms with Gasteiger partial charge in [-0.25, -0.2) is 13.2 Å². The smallest absolute Gasteiger partial charge is 0.327 e. The van der Waals surface area contributed by atoms with Gasteiger partial charge < -0.3 is 5.73 Å². The fourth-order valence-electron chi connectivity index (χ4n) is 0.776. The van der Waals surface area contributed by atoms with Gasteiger partial charge in [-0.2, -0.15) is 0 Å². The molecule has 14 heavy (non-hydrogen) atoms. The molecule has 0 saturated heterocycles. The number of hydrogen-bond acceptors (Lipinski definition) is 3. The second-order valence-electron chi connectivity index (χ2n) is 2.41. The van der Waals surface area contributed by atoms with Crippen LogP contribution >= 0.6 is 0 Å². The molecule has 4 N–H and O–H groups in total. The van der Waals surface area contributed by atoms with E-state index < -0.39 is 16.1 Å². The summed E-state index contributed by atoms with van der Waals surface area (Å²) in [5.41, 5.74) is 6.49. The zero-order valence-corrected chi connectivity index (χ0v) is 7.91. The first-order valence-electron chi connectivity index (χ1n) is 3.65. The molecule has 0 radical (unpaired) electrons. The van der Waals surface area contributed by atoms with Crippen molar-refractivity contribution in [3.05, 3.63) is 30.3 Å². The molecule has 7 heteroatoms. The number of nitrogens with two attached hydrogens (primary N) is 1. The highest BCUT2D eigenvalue weighted by molar-refractivity contribution is 7.89. The van der Waals surface area contributed by atoms with Gasteiger partial charge in [-0.1, -0.05) is 18.2 Å². The molecule has 0 aliphatic carbocycles. The first kappa shape index (κ1) is 10.5. The van der Waals surface area contributed by atoms with Crippen LogP contribution in [0.5, 0.6) is 0 Å². The van der Waals surface area contributed by atoms with Crippen LogP contribution in [0.4, 0.5) is 4.79 Å². The average molecular weight is 215 g/mol. The minimum Gasteiger partial charge on any atom is -0.351 e. The van der Waals surface area contributed by atoms with Crippen molar-refractivity contribution < 1.29 is 13.2 Å². The zero-order chi connectivity index (χ0) is 10.6. The van der Waals surface area contributed by atoms with Gasteiger partial charge >= 0.3 is 6.03 Å². The van der Waals surface area contributed by atoms with E-state index in [9.17, 15) is 13.2 Å². The number of urea groups is 1. The van der Waals surface area contributed by atoms with Crippen LogP contribution < -0.4 is 16.0 Å². The highest BCUT2D eigenvalue weighted by atomic mass is 32.2. The quantitative estimate of drug-likeness (QED) is 0.595. The second kappa shape index (κ2) is 4.07. The van der Waals surface area contributed by atoms with Crippen molar-refractivity contribution in [1.29, 1.82) is 0 Å². The molecule has 0 unspecified atom stereocenters. The summed E-state index contributed by atoms with van der Waals surface area (Å²) in [6.07, 6.45) is 0. The maximum atomic E-state index is 11.4. The van der Waals surface area contributed by atoms with Gasteiger partial charge in [-0.05, 0) is 12.1 Å². The van der Waals surface area contributed by atoms with Crippen molar-refractivity contribution >= 4 is 16.1 Å². The van der Waals surface area contributed by atoms with E-state index in [4.69, 9.17) is 5.73 Å². The molecule has 2 amide bonds. The van der Waals surface area contributed by atoms with Crippen molar-refractivity contribution in [2.24, 2.45) is 5.73 Å². The van der Waals surface area contributed by atoms with E-state index >= 15 is 0 Å². The van der Waals surface area contributed by atoms with Crippen molar-refractivity contribution in [2.45, 2.75) is 4.90 Å². The Hall–Kier alpha value is -1.60. The fourth-order valence-corrected chi connectivity index (χ4v) is 1.64. The number of hydrogen-bond donors (Lipinski definition) is 3. The number of hydrazine groups is 1. The third kappa shape index (κ3) is 2.71. The highest BCUT2D eigenvalue weighted by Gasteiger charge is 2.12. The number of benzene rings is 1. The van der Waals surface area contributed by atoms with Gasteiger partial charge in [0.1, 0.15) is 0 Å². The van der Waals surface area contributed by atoms with Gasteiger partial charge in [0.2, 0.25) is 0 Å². The maximum absolute atomic E-state index is 11.4. The van der Waals surface area contributed by atoms with E-state index in [1.165, 1.54) is 12.1 Å². The van der Waals surface area contributed by atoms with E-state index in [0.29, 0.717) is 0 Å². The summed E-state index contributed by atoms with van der Waals surface area (Å²) >= 11 is 0. The van der Waals surface area contributed by atoms with Crippen LogP contribution in [-0.4, -0.2) is 14.4 Å². The first-order valence-corrected chi connectivity index (χ1v) is 5.13. The highest BCUT2D eigenvalue weighted by Crippen LogP contribution is 2.05. The van der Waals surface area contributed by atoms with Crippen molar-refractivity contribution in [3.8, 4) is 0 Å². The molecule has 0 fully saturated rings. The summed E-state index contributed by atoms with van der Waals surface area (Å²) in [6, 6.07) is 6.64. The van der Waals surface area contributed by atoms with Gasteiger partial charge in [0, 0.05) is 0 Å². The van der Waals surface area contributed by atoms with Crippen LogP contribution in [0.3, 0.4) is 0 Å². The number of sulfonamides is 1. The lowest BCUT2D eigenvalue weighted by Gasteiger charge is -2.05. The van der Waals surface area contributed by atoms with E-state index in [-0.39, 0.29) is 4.90 Å². The van der Waals surface area contributed by atoms with Gasteiger partial charge in [-0.3, -0.25) is 5.43 Å². The van der Waals surface area contributed by atoms with Crippen molar-refractivity contribution in [1.82, 2.24) is 10.3 Å². The summed E-state index contributed by atoms with van der Waals surface area (Å²) in [4.78, 5) is 12.1. The molecule has 1 rings (SSSR count). The maximum Gasteiger partial charge on any atom is 0.327 e. The number of primary amides is 1. The normalized spacial score (nSPS) is 10.9. The summed E-state index contributed by atoms with van der Waals surface area (Å²) < 4.78 is 22.7. The number of carbonyl (C=O) groups is 1.